The molecule has 0 atom stereocenters. The van der Waals surface area contributed by atoms with E-state index in [1.807, 2.05) is 11.9 Å². The van der Waals surface area contributed by atoms with Crippen LogP contribution in [0.3, 0.4) is 0 Å². The van der Waals surface area contributed by atoms with Crippen molar-refractivity contribution < 1.29 is 9.53 Å². The van der Waals surface area contributed by atoms with Gasteiger partial charge in [0.1, 0.15) is 5.75 Å². The summed E-state index contributed by atoms with van der Waals surface area (Å²) in [6, 6.07) is 7.23. The lowest BCUT2D eigenvalue weighted by Crippen LogP contribution is -2.29. The Kier molecular flexibility index (Phi) is 5.83. The van der Waals surface area contributed by atoms with Crippen LogP contribution in [0.2, 0.25) is 5.02 Å². The van der Waals surface area contributed by atoms with Crippen LogP contribution < -0.4 is 10.1 Å². The number of likely N-dealkylation sites (N-methyl/N-ethyl adjacent to an activating group) is 1. The number of methoxy groups -OCH3 is 1. The quantitative estimate of drug-likeness (QED) is 0.871. The van der Waals surface area contributed by atoms with E-state index in [9.17, 15) is 4.79 Å². The zero-order valence-corrected chi connectivity index (χ0v) is 14.4. The number of thiophene rings is 1. The van der Waals surface area contributed by atoms with Crippen LogP contribution in [0.1, 0.15) is 10.4 Å². The smallest absolute Gasteiger partial charge is 0.238 e. The van der Waals surface area contributed by atoms with E-state index in [0.717, 1.165) is 6.54 Å². The van der Waals surface area contributed by atoms with Gasteiger partial charge in [-0.1, -0.05) is 11.6 Å². The third kappa shape index (κ3) is 4.47. The summed E-state index contributed by atoms with van der Waals surface area (Å²) < 4.78 is 5.22. The van der Waals surface area contributed by atoms with Crippen molar-refractivity contribution >= 4 is 34.5 Å². The molecule has 1 heterocycles. The fourth-order valence-corrected chi connectivity index (χ4v) is 3.24. The fourth-order valence-electron chi connectivity index (χ4n) is 2.08. The van der Waals surface area contributed by atoms with Crippen LogP contribution >= 0.6 is 22.9 Å². The van der Waals surface area contributed by atoms with Crippen molar-refractivity contribution in [2.24, 2.45) is 0 Å². The van der Waals surface area contributed by atoms with Gasteiger partial charge in [-0.3, -0.25) is 9.69 Å². The number of hydrogen-bond acceptors (Lipinski definition) is 4. The Morgan fingerprint density at radius 1 is 1.41 bits per heavy atom. The lowest BCUT2D eigenvalue weighted by molar-refractivity contribution is -0.117. The van der Waals surface area contributed by atoms with Crippen LogP contribution in [-0.2, 0) is 11.3 Å². The van der Waals surface area contributed by atoms with Crippen molar-refractivity contribution in [3.05, 3.63) is 45.1 Å². The molecule has 6 heteroatoms. The average Bonchev–Trinajstić information content (AvgIpc) is 2.84. The van der Waals surface area contributed by atoms with Crippen LogP contribution in [0.5, 0.6) is 5.75 Å². The number of nitrogens with zero attached hydrogens (tertiary/aromatic N) is 1. The molecule has 1 amide bonds. The van der Waals surface area contributed by atoms with Gasteiger partial charge in [0, 0.05) is 16.4 Å². The fraction of sp³-hybridized carbons (Fsp3) is 0.312. The molecule has 0 fully saturated rings. The monoisotopic (exact) mass is 338 g/mol. The maximum Gasteiger partial charge on any atom is 0.238 e. The summed E-state index contributed by atoms with van der Waals surface area (Å²) in [5.41, 5.74) is 1.84. The van der Waals surface area contributed by atoms with Crippen molar-refractivity contribution in [1.82, 2.24) is 4.90 Å². The van der Waals surface area contributed by atoms with Crippen LogP contribution in [0.4, 0.5) is 5.69 Å². The van der Waals surface area contributed by atoms with E-state index >= 15 is 0 Å². The van der Waals surface area contributed by atoms with Gasteiger partial charge in [0.2, 0.25) is 5.91 Å². The summed E-state index contributed by atoms with van der Waals surface area (Å²) >= 11 is 7.67. The molecule has 0 aliphatic rings. The van der Waals surface area contributed by atoms with Gasteiger partial charge < -0.3 is 10.1 Å². The van der Waals surface area contributed by atoms with Gasteiger partial charge in [-0.25, -0.2) is 0 Å². The summed E-state index contributed by atoms with van der Waals surface area (Å²) in [7, 11) is 3.48. The molecule has 0 saturated carbocycles. The highest BCUT2D eigenvalue weighted by molar-refractivity contribution is 7.10. The van der Waals surface area contributed by atoms with E-state index in [1.54, 1.807) is 36.6 Å². The number of anilines is 1. The predicted molar refractivity (Wildman–Crippen MR) is 92.0 cm³/mol. The number of ether oxygens (including phenoxy) is 1. The summed E-state index contributed by atoms with van der Waals surface area (Å²) in [5, 5.41) is 5.46. The number of rotatable bonds is 6. The molecule has 4 nitrogen and oxygen atoms in total. The maximum atomic E-state index is 12.2. The van der Waals surface area contributed by atoms with Crippen molar-refractivity contribution in [1.29, 1.82) is 0 Å². The summed E-state index contributed by atoms with van der Waals surface area (Å²) in [6.07, 6.45) is 0. The molecule has 0 radical (unpaired) electrons. The first-order valence-electron chi connectivity index (χ1n) is 6.84. The summed E-state index contributed by atoms with van der Waals surface area (Å²) in [6.45, 7) is 3.13. The molecule has 0 saturated heterocycles. The van der Waals surface area contributed by atoms with Gasteiger partial charge in [-0.05, 0) is 49.2 Å². The third-order valence-electron chi connectivity index (χ3n) is 3.23. The molecule has 0 spiro atoms. The predicted octanol–water partition coefficient (Wildman–Crippen LogP) is 3.79. The summed E-state index contributed by atoms with van der Waals surface area (Å²) in [4.78, 5) is 15.4. The third-order valence-corrected chi connectivity index (χ3v) is 4.47. The highest BCUT2D eigenvalue weighted by Gasteiger charge is 2.12. The number of aryl methyl sites for hydroxylation is 1. The second-order valence-electron chi connectivity index (χ2n) is 5.09. The normalized spacial score (nSPS) is 10.8. The van der Waals surface area contributed by atoms with Crippen molar-refractivity contribution in [2.45, 2.75) is 13.5 Å². The number of amides is 1. The first kappa shape index (κ1) is 16.8. The average molecular weight is 339 g/mol. The van der Waals surface area contributed by atoms with Gasteiger partial charge in [-0.15, -0.1) is 11.3 Å². The Balaban J connectivity index is 1.95. The number of carbonyl (C=O) groups excluding carboxylic acids is 1. The standard InChI is InChI=1S/C16H19ClN2O2S/c1-11-6-7-22-15(11)9-19(2)10-16(20)18-13-8-12(17)4-5-14(13)21-3/h4-8H,9-10H2,1-3H3,(H,18,20). The molecule has 2 rings (SSSR count). The molecule has 1 aromatic heterocycles. The largest absolute Gasteiger partial charge is 0.495 e. The Morgan fingerprint density at radius 3 is 2.82 bits per heavy atom. The molecule has 2 aromatic rings. The Labute approximate surface area is 139 Å². The zero-order valence-electron chi connectivity index (χ0n) is 12.9. The van der Waals surface area contributed by atoms with Gasteiger partial charge in [0.15, 0.2) is 0 Å². The van der Waals surface area contributed by atoms with Crippen LogP contribution in [0, 0.1) is 6.92 Å². The van der Waals surface area contributed by atoms with Gasteiger partial charge >= 0.3 is 0 Å². The van der Waals surface area contributed by atoms with E-state index in [1.165, 1.54) is 10.4 Å². The van der Waals surface area contributed by atoms with E-state index in [0.29, 0.717) is 23.0 Å². The van der Waals surface area contributed by atoms with Crippen molar-refractivity contribution in [2.75, 3.05) is 26.0 Å². The SMILES string of the molecule is COc1ccc(Cl)cc1NC(=O)CN(C)Cc1sccc1C. The number of carbonyl (C=O) groups is 1. The second kappa shape index (κ2) is 7.63. The first-order valence-corrected chi connectivity index (χ1v) is 8.10. The van der Waals surface area contributed by atoms with E-state index in [4.69, 9.17) is 16.3 Å². The summed E-state index contributed by atoms with van der Waals surface area (Å²) in [5.74, 6) is 0.492. The number of benzene rings is 1. The van der Waals surface area contributed by atoms with Crippen LogP contribution in [0.15, 0.2) is 29.6 Å². The lowest BCUT2D eigenvalue weighted by Gasteiger charge is -2.17. The Bertz CT molecular complexity index is 657. The molecule has 0 unspecified atom stereocenters. The Morgan fingerprint density at radius 2 is 2.18 bits per heavy atom. The van der Waals surface area contributed by atoms with Gasteiger partial charge in [-0.2, -0.15) is 0 Å². The molecule has 22 heavy (non-hydrogen) atoms. The van der Waals surface area contributed by atoms with Crippen molar-refractivity contribution in [3.63, 3.8) is 0 Å². The van der Waals surface area contributed by atoms with E-state index < -0.39 is 0 Å². The van der Waals surface area contributed by atoms with Crippen LogP contribution in [0.25, 0.3) is 0 Å². The molecule has 0 aliphatic heterocycles. The topological polar surface area (TPSA) is 41.6 Å². The molecular weight excluding hydrogens is 320 g/mol. The van der Waals surface area contributed by atoms with E-state index in [-0.39, 0.29) is 5.91 Å². The van der Waals surface area contributed by atoms with Crippen molar-refractivity contribution in [3.8, 4) is 5.75 Å². The first-order chi connectivity index (χ1) is 10.5. The molecule has 1 N–H and O–H groups in total. The highest BCUT2D eigenvalue weighted by Crippen LogP contribution is 2.27. The minimum absolute atomic E-state index is 0.0997. The number of halogens is 1. The molecule has 1 aromatic carbocycles. The van der Waals surface area contributed by atoms with Gasteiger partial charge in [0.05, 0.1) is 19.3 Å². The maximum absolute atomic E-state index is 12.2. The minimum atomic E-state index is -0.0997. The molecule has 118 valence electrons. The minimum Gasteiger partial charge on any atom is -0.495 e. The Hall–Kier alpha value is -1.56. The van der Waals surface area contributed by atoms with E-state index in [2.05, 4.69) is 23.7 Å². The highest BCUT2D eigenvalue weighted by atomic mass is 35.5. The molecule has 0 aliphatic carbocycles. The lowest BCUT2D eigenvalue weighted by atomic mass is 10.2. The molecule has 0 bridgehead atoms. The number of nitrogens with one attached hydrogen (secondary N) is 1. The van der Waals surface area contributed by atoms with Crippen LogP contribution in [-0.4, -0.2) is 31.5 Å². The number of hydrogen-bond donors (Lipinski definition) is 1. The van der Waals surface area contributed by atoms with Gasteiger partial charge in [0.25, 0.3) is 0 Å². The molecular formula is C16H19ClN2O2S. The zero-order chi connectivity index (χ0) is 16.1. The second-order valence-corrected chi connectivity index (χ2v) is 6.53.